The Morgan fingerprint density at radius 3 is 1.89 bits per heavy atom. The smallest absolute Gasteiger partial charge is 0.292 e. The highest BCUT2D eigenvalue weighted by Crippen LogP contribution is 2.32. The average molecular weight is 497 g/mol. The molecular formula is C31H48N2O3. The lowest BCUT2D eigenvalue weighted by molar-refractivity contribution is -0.117. The lowest BCUT2D eigenvalue weighted by atomic mass is 10.0. The second kappa shape index (κ2) is 16.6. The molecular weight excluding hydrogens is 448 g/mol. The number of carbonyl (C=O) groups is 2. The number of ether oxygens (including phenoxy) is 1. The average Bonchev–Trinajstić information content (AvgIpc) is 3.66. The van der Waals surface area contributed by atoms with E-state index in [2.05, 4.69) is 17.2 Å². The van der Waals surface area contributed by atoms with Crippen LogP contribution in [0.25, 0.3) is 10.9 Å². The molecule has 2 aromatic rings. The van der Waals surface area contributed by atoms with E-state index in [1.807, 2.05) is 18.2 Å². The first-order valence-corrected chi connectivity index (χ1v) is 14.8. The molecule has 1 amide bonds. The van der Waals surface area contributed by atoms with E-state index in [4.69, 9.17) is 4.74 Å². The van der Waals surface area contributed by atoms with Gasteiger partial charge in [-0.1, -0.05) is 116 Å². The molecule has 1 aromatic heterocycles. The van der Waals surface area contributed by atoms with Crippen LogP contribution in [0.3, 0.4) is 0 Å². The molecule has 1 atom stereocenters. The number of aromatic nitrogens is 1. The minimum Gasteiger partial charge on any atom is -0.368 e. The van der Waals surface area contributed by atoms with Gasteiger partial charge in [-0.05, 0) is 24.1 Å². The Bertz CT molecular complexity index is 916. The topological polar surface area (TPSA) is 74.5 Å². The Balaban J connectivity index is 1.14. The number of rotatable bonds is 21. The van der Waals surface area contributed by atoms with Gasteiger partial charge in [-0.2, -0.15) is 0 Å². The molecule has 2 N–H and O–H groups in total. The van der Waals surface area contributed by atoms with Crippen molar-refractivity contribution in [3.8, 4) is 0 Å². The van der Waals surface area contributed by atoms with Crippen molar-refractivity contribution in [3.63, 3.8) is 0 Å². The van der Waals surface area contributed by atoms with Gasteiger partial charge in [0.15, 0.2) is 0 Å². The van der Waals surface area contributed by atoms with Crippen molar-refractivity contribution in [1.29, 1.82) is 0 Å². The van der Waals surface area contributed by atoms with Gasteiger partial charge in [0.05, 0.1) is 12.2 Å². The second-order valence-electron chi connectivity index (χ2n) is 10.6. The van der Waals surface area contributed by atoms with Crippen molar-refractivity contribution in [1.82, 2.24) is 10.3 Å². The van der Waals surface area contributed by atoms with E-state index in [1.165, 1.54) is 96.3 Å². The summed E-state index contributed by atoms with van der Waals surface area (Å²) in [5, 5.41) is 3.60. The number of epoxide rings is 1. The lowest BCUT2D eigenvalue weighted by Crippen LogP contribution is -2.31. The molecule has 0 bridgehead atoms. The molecule has 1 aliphatic rings. The van der Waals surface area contributed by atoms with Crippen LogP contribution < -0.4 is 5.32 Å². The number of fused-ring (bicyclic) bond motifs is 1. The lowest BCUT2D eigenvalue weighted by Gasteiger charge is -2.05. The fraction of sp³-hybridized carbons (Fsp3) is 0.677. The molecule has 200 valence electrons. The van der Waals surface area contributed by atoms with Gasteiger partial charge in [-0.15, -0.1) is 0 Å². The summed E-state index contributed by atoms with van der Waals surface area (Å²) in [5.41, 5.74) is 2.36. The van der Waals surface area contributed by atoms with Gasteiger partial charge in [0.1, 0.15) is 6.10 Å². The maximum atomic E-state index is 12.7. The third-order valence-electron chi connectivity index (χ3n) is 7.43. The number of ketones is 1. The minimum absolute atomic E-state index is 0.126. The standard InChI is InChI=1S/C31H48N2O3/c1-2-3-4-5-6-7-8-9-10-11-12-13-14-15-16-17-18-21-32-31(35)30(34)27-23-33-28-20-19-25(22-26(27)28)29-24-36-29/h19-20,22-23,29,33H,2-18,21,24H2,1H3,(H,32,35). The maximum absolute atomic E-state index is 12.7. The molecule has 1 fully saturated rings. The number of amides is 1. The molecule has 1 saturated heterocycles. The van der Waals surface area contributed by atoms with Gasteiger partial charge >= 0.3 is 0 Å². The number of carbonyl (C=O) groups excluding carboxylic acids is 2. The maximum Gasteiger partial charge on any atom is 0.292 e. The third kappa shape index (κ3) is 10.1. The summed E-state index contributed by atoms with van der Waals surface area (Å²) in [4.78, 5) is 28.2. The number of hydrogen-bond donors (Lipinski definition) is 2. The zero-order valence-corrected chi connectivity index (χ0v) is 22.5. The first-order valence-electron chi connectivity index (χ1n) is 14.8. The molecule has 0 radical (unpaired) electrons. The first-order chi connectivity index (χ1) is 17.7. The predicted molar refractivity (Wildman–Crippen MR) is 148 cm³/mol. The largest absolute Gasteiger partial charge is 0.368 e. The third-order valence-corrected chi connectivity index (χ3v) is 7.43. The molecule has 5 heteroatoms. The van der Waals surface area contributed by atoms with E-state index in [1.54, 1.807) is 6.20 Å². The van der Waals surface area contributed by atoms with E-state index < -0.39 is 11.7 Å². The molecule has 36 heavy (non-hydrogen) atoms. The van der Waals surface area contributed by atoms with Gasteiger partial charge in [0, 0.05) is 23.6 Å². The monoisotopic (exact) mass is 496 g/mol. The van der Waals surface area contributed by atoms with Gasteiger partial charge in [0.25, 0.3) is 11.7 Å². The quantitative estimate of drug-likeness (QED) is 0.0791. The van der Waals surface area contributed by atoms with E-state index in [0.29, 0.717) is 12.1 Å². The molecule has 5 nitrogen and oxygen atoms in total. The minimum atomic E-state index is -0.513. The highest BCUT2D eigenvalue weighted by Gasteiger charge is 2.26. The molecule has 1 aromatic carbocycles. The van der Waals surface area contributed by atoms with Crippen molar-refractivity contribution in [3.05, 3.63) is 35.5 Å². The predicted octanol–water partition coefficient (Wildman–Crippen LogP) is 8.19. The first kappa shape index (κ1) is 28.4. The SMILES string of the molecule is CCCCCCCCCCCCCCCCCCCNC(=O)C(=O)c1c[nH]c2ccc(C3CO3)cc12. The molecule has 1 aliphatic heterocycles. The zero-order chi connectivity index (χ0) is 25.4. The Hall–Kier alpha value is -2.14. The Morgan fingerprint density at radius 1 is 0.833 bits per heavy atom. The van der Waals surface area contributed by atoms with Crippen LogP contribution in [0.4, 0.5) is 0 Å². The molecule has 2 heterocycles. The second-order valence-corrected chi connectivity index (χ2v) is 10.6. The highest BCUT2D eigenvalue weighted by atomic mass is 16.6. The fourth-order valence-corrected chi connectivity index (χ4v) is 5.02. The number of Topliss-reactive ketones (excluding diaryl/α,β-unsaturated/α-hetero) is 1. The van der Waals surface area contributed by atoms with E-state index >= 15 is 0 Å². The Morgan fingerprint density at radius 2 is 1.36 bits per heavy atom. The number of H-pyrrole nitrogens is 1. The van der Waals surface area contributed by atoms with E-state index in [0.717, 1.165) is 35.9 Å². The molecule has 0 spiro atoms. The number of unbranched alkanes of at least 4 members (excludes halogenated alkanes) is 16. The zero-order valence-electron chi connectivity index (χ0n) is 22.5. The molecule has 0 saturated carbocycles. The van der Waals surface area contributed by atoms with Crippen molar-refractivity contribution in [2.24, 2.45) is 0 Å². The normalized spacial score (nSPS) is 14.9. The Labute approximate surface area is 218 Å². The van der Waals surface area contributed by atoms with Gasteiger partial charge in [-0.25, -0.2) is 0 Å². The summed E-state index contributed by atoms with van der Waals surface area (Å²) in [6, 6.07) is 5.90. The number of nitrogens with one attached hydrogen (secondary N) is 2. The summed E-state index contributed by atoms with van der Waals surface area (Å²) in [6.45, 7) is 3.56. The van der Waals surface area contributed by atoms with Crippen LogP contribution in [0, 0.1) is 0 Å². The molecule has 0 aliphatic carbocycles. The van der Waals surface area contributed by atoms with Gasteiger partial charge in [-0.3, -0.25) is 9.59 Å². The molecule has 3 rings (SSSR count). The van der Waals surface area contributed by atoms with Crippen molar-refractivity contribution in [2.75, 3.05) is 13.2 Å². The summed E-state index contributed by atoms with van der Waals surface area (Å²) >= 11 is 0. The van der Waals surface area contributed by atoms with E-state index in [-0.39, 0.29) is 6.10 Å². The molecule has 1 unspecified atom stereocenters. The van der Waals surface area contributed by atoms with Crippen LogP contribution in [0.1, 0.15) is 138 Å². The van der Waals surface area contributed by atoms with Crippen molar-refractivity contribution in [2.45, 2.75) is 122 Å². The Kier molecular flexibility index (Phi) is 13.1. The van der Waals surface area contributed by atoms with Crippen LogP contribution in [-0.4, -0.2) is 29.8 Å². The van der Waals surface area contributed by atoms with Crippen LogP contribution in [0.15, 0.2) is 24.4 Å². The van der Waals surface area contributed by atoms with Gasteiger partial charge < -0.3 is 15.0 Å². The van der Waals surface area contributed by atoms with Crippen LogP contribution in [0.5, 0.6) is 0 Å². The number of aromatic amines is 1. The van der Waals surface area contributed by atoms with E-state index in [9.17, 15) is 9.59 Å². The van der Waals surface area contributed by atoms with Crippen LogP contribution in [0.2, 0.25) is 0 Å². The summed E-state index contributed by atoms with van der Waals surface area (Å²) in [7, 11) is 0. The van der Waals surface area contributed by atoms with Crippen molar-refractivity contribution < 1.29 is 14.3 Å². The number of hydrogen-bond acceptors (Lipinski definition) is 3. The van der Waals surface area contributed by atoms with Gasteiger partial charge in [0.2, 0.25) is 0 Å². The van der Waals surface area contributed by atoms with Crippen LogP contribution >= 0.6 is 0 Å². The van der Waals surface area contributed by atoms with Crippen molar-refractivity contribution >= 4 is 22.6 Å². The summed E-state index contributed by atoms with van der Waals surface area (Å²) in [6.07, 6.45) is 24.4. The fourth-order valence-electron chi connectivity index (χ4n) is 5.02. The summed E-state index contributed by atoms with van der Waals surface area (Å²) in [5.74, 6) is -0.984. The van der Waals surface area contributed by atoms with Crippen LogP contribution in [-0.2, 0) is 9.53 Å². The summed E-state index contributed by atoms with van der Waals surface area (Å²) < 4.78 is 5.34. The number of benzene rings is 1. The highest BCUT2D eigenvalue weighted by molar-refractivity contribution is 6.44.